The second-order valence-corrected chi connectivity index (χ2v) is 6.38. The standard InChI is InChI=1S/C15H15N5S2/c1-3-8-20-11(2)18-19-15(20)22-10-12-9-21-14(17-12)13-6-4-5-7-16-13/h3-7,9H,1,8,10H2,2H3. The Morgan fingerprint density at radius 1 is 1.36 bits per heavy atom. The van der Waals surface area contributed by atoms with Crippen molar-refractivity contribution < 1.29 is 0 Å². The number of aromatic nitrogens is 5. The minimum Gasteiger partial charge on any atom is -0.302 e. The van der Waals surface area contributed by atoms with Gasteiger partial charge in [0.15, 0.2) is 5.16 Å². The molecule has 0 N–H and O–H groups in total. The van der Waals surface area contributed by atoms with Gasteiger partial charge in [-0.2, -0.15) is 0 Å². The van der Waals surface area contributed by atoms with Crippen LogP contribution in [-0.2, 0) is 12.3 Å². The number of aryl methyl sites for hydroxylation is 1. The second kappa shape index (κ2) is 6.85. The molecule has 0 radical (unpaired) electrons. The summed E-state index contributed by atoms with van der Waals surface area (Å²) < 4.78 is 2.05. The zero-order valence-corrected chi connectivity index (χ0v) is 13.8. The third kappa shape index (κ3) is 3.26. The summed E-state index contributed by atoms with van der Waals surface area (Å²) in [6.45, 7) is 6.44. The summed E-state index contributed by atoms with van der Waals surface area (Å²) in [7, 11) is 0. The Bertz CT molecular complexity index is 763. The highest BCUT2D eigenvalue weighted by Crippen LogP contribution is 2.26. The first-order valence-corrected chi connectivity index (χ1v) is 8.63. The fraction of sp³-hybridized carbons (Fsp3) is 0.200. The van der Waals surface area contributed by atoms with Crippen LogP contribution >= 0.6 is 23.1 Å². The van der Waals surface area contributed by atoms with Crippen LogP contribution in [0.25, 0.3) is 10.7 Å². The van der Waals surface area contributed by atoms with E-state index in [9.17, 15) is 0 Å². The van der Waals surface area contributed by atoms with Gasteiger partial charge in [0.05, 0.1) is 11.4 Å². The van der Waals surface area contributed by atoms with Crippen LogP contribution in [0.2, 0.25) is 0 Å². The average Bonchev–Trinajstić information content (AvgIpc) is 3.15. The Morgan fingerprint density at radius 2 is 2.27 bits per heavy atom. The minimum absolute atomic E-state index is 0.720. The zero-order valence-electron chi connectivity index (χ0n) is 12.1. The fourth-order valence-corrected chi connectivity index (χ4v) is 3.71. The lowest BCUT2D eigenvalue weighted by molar-refractivity contribution is 0.703. The number of hydrogen-bond acceptors (Lipinski definition) is 6. The molecule has 0 saturated carbocycles. The Labute approximate surface area is 137 Å². The number of thiazole rings is 1. The molecule has 0 atom stereocenters. The molecule has 22 heavy (non-hydrogen) atoms. The van der Waals surface area contributed by atoms with Crippen molar-refractivity contribution >= 4 is 23.1 Å². The molecule has 0 aliphatic rings. The van der Waals surface area contributed by atoms with Crippen LogP contribution < -0.4 is 0 Å². The van der Waals surface area contributed by atoms with Crippen LogP contribution in [0.5, 0.6) is 0 Å². The second-order valence-electron chi connectivity index (χ2n) is 4.58. The minimum atomic E-state index is 0.720. The number of hydrogen-bond donors (Lipinski definition) is 0. The van der Waals surface area contributed by atoms with Gasteiger partial charge in [-0.15, -0.1) is 28.1 Å². The Hall–Kier alpha value is -1.99. The monoisotopic (exact) mass is 329 g/mol. The van der Waals surface area contributed by atoms with Crippen molar-refractivity contribution in [1.29, 1.82) is 0 Å². The van der Waals surface area contributed by atoms with Gasteiger partial charge in [-0.05, 0) is 19.1 Å². The first-order valence-electron chi connectivity index (χ1n) is 6.77. The van der Waals surface area contributed by atoms with Gasteiger partial charge >= 0.3 is 0 Å². The summed E-state index contributed by atoms with van der Waals surface area (Å²) >= 11 is 3.25. The van der Waals surface area contributed by atoms with Gasteiger partial charge in [-0.1, -0.05) is 23.9 Å². The lowest BCUT2D eigenvalue weighted by Crippen LogP contribution is -2.00. The maximum atomic E-state index is 4.64. The number of thioether (sulfide) groups is 1. The molecule has 0 amide bonds. The third-order valence-corrected chi connectivity index (χ3v) is 4.91. The van der Waals surface area contributed by atoms with E-state index in [4.69, 9.17) is 0 Å². The third-order valence-electron chi connectivity index (χ3n) is 3.00. The normalized spacial score (nSPS) is 10.8. The van der Waals surface area contributed by atoms with Gasteiger partial charge in [0.25, 0.3) is 0 Å². The Balaban J connectivity index is 1.70. The molecule has 0 bridgehead atoms. The predicted molar refractivity (Wildman–Crippen MR) is 89.9 cm³/mol. The first-order chi connectivity index (χ1) is 10.8. The van der Waals surface area contributed by atoms with Crippen LogP contribution in [0.15, 0.2) is 47.6 Å². The van der Waals surface area contributed by atoms with Gasteiger partial charge in [0, 0.05) is 23.9 Å². The molecule has 7 heteroatoms. The fourth-order valence-electron chi connectivity index (χ4n) is 1.93. The molecule has 3 aromatic heterocycles. The lowest BCUT2D eigenvalue weighted by atomic mass is 10.4. The van der Waals surface area contributed by atoms with Crippen molar-refractivity contribution in [2.75, 3.05) is 0 Å². The van der Waals surface area contributed by atoms with Crippen LogP contribution in [0.3, 0.4) is 0 Å². The summed E-state index contributed by atoms with van der Waals surface area (Å²) in [5.41, 5.74) is 1.94. The molecule has 3 rings (SSSR count). The number of pyridine rings is 1. The topological polar surface area (TPSA) is 56.5 Å². The molecule has 0 fully saturated rings. The van der Waals surface area contributed by atoms with E-state index in [1.165, 1.54) is 0 Å². The van der Waals surface area contributed by atoms with Crippen molar-refractivity contribution in [3.05, 3.63) is 53.9 Å². The van der Waals surface area contributed by atoms with Gasteiger partial charge in [-0.25, -0.2) is 4.98 Å². The van der Waals surface area contributed by atoms with Crippen molar-refractivity contribution in [3.63, 3.8) is 0 Å². The van der Waals surface area contributed by atoms with E-state index in [2.05, 4.69) is 32.1 Å². The molecule has 0 aliphatic carbocycles. The van der Waals surface area contributed by atoms with Gasteiger partial charge in [0.1, 0.15) is 10.8 Å². The van der Waals surface area contributed by atoms with Crippen molar-refractivity contribution in [2.45, 2.75) is 24.4 Å². The smallest absolute Gasteiger partial charge is 0.191 e. The molecule has 112 valence electrons. The molecule has 3 heterocycles. The van der Waals surface area contributed by atoms with Gasteiger partial charge in [-0.3, -0.25) is 4.98 Å². The van der Waals surface area contributed by atoms with Crippen LogP contribution in [-0.4, -0.2) is 24.7 Å². The quantitative estimate of drug-likeness (QED) is 0.511. The van der Waals surface area contributed by atoms with E-state index in [0.29, 0.717) is 0 Å². The molecule has 0 unspecified atom stereocenters. The van der Waals surface area contributed by atoms with E-state index < -0.39 is 0 Å². The summed E-state index contributed by atoms with van der Waals surface area (Å²) in [6, 6.07) is 5.85. The predicted octanol–water partition coefficient (Wildman–Crippen LogP) is 3.58. The molecule has 3 aromatic rings. The summed E-state index contributed by atoms with van der Waals surface area (Å²) in [4.78, 5) is 8.96. The van der Waals surface area contributed by atoms with Gasteiger partial charge < -0.3 is 4.57 Å². The number of allylic oxidation sites excluding steroid dienone is 1. The van der Waals surface area contributed by atoms with E-state index >= 15 is 0 Å². The van der Waals surface area contributed by atoms with Crippen molar-refractivity contribution in [1.82, 2.24) is 24.7 Å². The molecule has 5 nitrogen and oxygen atoms in total. The SMILES string of the molecule is C=CCn1c(C)nnc1SCc1csc(-c2ccccn2)n1. The maximum Gasteiger partial charge on any atom is 0.191 e. The molecule has 0 spiro atoms. The van der Waals surface area contributed by atoms with Crippen molar-refractivity contribution in [2.24, 2.45) is 0 Å². The van der Waals surface area contributed by atoms with Crippen molar-refractivity contribution in [3.8, 4) is 10.7 Å². The molecule has 0 aliphatic heterocycles. The lowest BCUT2D eigenvalue weighted by Gasteiger charge is -2.03. The number of rotatable bonds is 6. The summed E-state index contributed by atoms with van der Waals surface area (Å²) in [5, 5.41) is 12.2. The van der Waals surface area contributed by atoms with Crippen LogP contribution in [0.4, 0.5) is 0 Å². The highest BCUT2D eigenvalue weighted by molar-refractivity contribution is 7.98. The summed E-state index contributed by atoms with van der Waals surface area (Å²) in [6.07, 6.45) is 3.63. The largest absolute Gasteiger partial charge is 0.302 e. The van der Waals surface area contributed by atoms with E-state index in [0.717, 1.165) is 39.7 Å². The number of nitrogens with zero attached hydrogens (tertiary/aromatic N) is 5. The highest BCUT2D eigenvalue weighted by Gasteiger charge is 2.10. The Kier molecular flexibility index (Phi) is 4.65. The highest BCUT2D eigenvalue weighted by atomic mass is 32.2. The van der Waals surface area contributed by atoms with E-state index in [1.807, 2.05) is 35.8 Å². The maximum absolute atomic E-state index is 4.64. The van der Waals surface area contributed by atoms with E-state index in [-0.39, 0.29) is 0 Å². The summed E-state index contributed by atoms with van der Waals surface area (Å²) in [5.74, 6) is 1.66. The molecular formula is C15H15N5S2. The van der Waals surface area contributed by atoms with Crippen LogP contribution in [0, 0.1) is 6.92 Å². The first kappa shape index (κ1) is 14.9. The Morgan fingerprint density at radius 3 is 3.05 bits per heavy atom. The average molecular weight is 329 g/mol. The zero-order chi connectivity index (χ0) is 15.4. The molecular weight excluding hydrogens is 314 g/mol. The van der Waals surface area contributed by atoms with Crippen LogP contribution in [0.1, 0.15) is 11.5 Å². The molecule has 0 aromatic carbocycles. The van der Waals surface area contributed by atoms with Gasteiger partial charge in [0.2, 0.25) is 0 Å². The van der Waals surface area contributed by atoms with E-state index in [1.54, 1.807) is 29.3 Å². The molecule has 0 saturated heterocycles.